The molecular weight excluding hydrogens is 285 g/mol. The summed E-state index contributed by atoms with van der Waals surface area (Å²) in [6, 6.07) is 8.83. The molecular formula is C14H7ClFNO3. The van der Waals surface area contributed by atoms with Crippen LogP contribution in [0, 0.1) is 5.82 Å². The zero-order valence-corrected chi connectivity index (χ0v) is 10.7. The molecule has 0 saturated heterocycles. The van der Waals surface area contributed by atoms with Crippen LogP contribution in [0.15, 0.2) is 40.8 Å². The highest BCUT2D eigenvalue weighted by Gasteiger charge is 2.18. The summed E-state index contributed by atoms with van der Waals surface area (Å²) in [4.78, 5) is 15.3. The fraction of sp³-hybridized carbons (Fsp3) is 0. The minimum atomic E-state index is -1.12. The Labute approximate surface area is 117 Å². The van der Waals surface area contributed by atoms with Crippen molar-refractivity contribution in [3.05, 3.63) is 52.8 Å². The van der Waals surface area contributed by atoms with Crippen LogP contribution < -0.4 is 0 Å². The number of halogens is 2. The van der Waals surface area contributed by atoms with Crippen LogP contribution in [0.5, 0.6) is 0 Å². The minimum absolute atomic E-state index is 0.00576. The van der Waals surface area contributed by atoms with Gasteiger partial charge >= 0.3 is 5.97 Å². The summed E-state index contributed by atoms with van der Waals surface area (Å²) < 4.78 is 18.9. The predicted octanol–water partition coefficient (Wildman–Crippen LogP) is 3.99. The van der Waals surface area contributed by atoms with Gasteiger partial charge in [-0.1, -0.05) is 23.7 Å². The highest BCUT2D eigenvalue weighted by atomic mass is 35.5. The molecule has 2 aromatic carbocycles. The summed E-state index contributed by atoms with van der Waals surface area (Å²) in [5.74, 6) is -1.63. The first-order chi connectivity index (χ1) is 9.58. The second-order valence-electron chi connectivity index (χ2n) is 4.08. The Morgan fingerprint density at radius 1 is 1.25 bits per heavy atom. The lowest BCUT2D eigenvalue weighted by Gasteiger charge is -1.99. The van der Waals surface area contributed by atoms with Crippen LogP contribution in [0.2, 0.25) is 5.02 Å². The summed E-state index contributed by atoms with van der Waals surface area (Å²) in [7, 11) is 0. The van der Waals surface area contributed by atoms with Crippen LogP contribution in [0.25, 0.3) is 22.6 Å². The fourth-order valence-electron chi connectivity index (χ4n) is 1.90. The second kappa shape index (κ2) is 4.61. The van der Waals surface area contributed by atoms with Crippen LogP contribution in [0.3, 0.4) is 0 Å². The molecule has 100 valence electrons. The molecule has 0 aliphatic rings. The summed E-state index contributed by atoms with van der Waals surface area (Å²) in [5.41, 5.74) is 0.781. The van der Waals surface area contributed by atoms with Gasteiger partial charge in [0.1, 0.15) is 16.9 Å². The third kappa shape index (κ3) is 1.92. The minimum Gasteiger partial charge on any atom is -0.478 e. The maximum atomic E-state index is 13.4. The summed E-state index contributed by atoms with van der Waals surface area (Å²) >= 11 is 5.87. The number of para-hydroxylation sites is 1. The molecule has 3 aromatic rings. The van der Waals surface area contributed by atoms with Crippen molar-refractivity contribution in [1.82, 2.24) is 4.98 Å². The van der Waals surface area contributed by atoms with E-state index in [1.807, 2.05) is 0 Å². The Hall–Kier alpha value is -2.40. The molecule has 6 heteroatoms. The Balaban J connectivity index is 2.26. The molecule has 0 bridgehead atoms. The van der Waals surface area contributed by atoms with Gasteiger partial charge in [-0.15, -0.1) is 0 Å². The molecule has 3 rings (SSSR count). The first-order valence-electron chi connectivity index (χ1n) is 5.65. The molecule has 0 fully saturated rings. The standard InChI is InChI=1S/C14H7ClFNO3/c15-11-7(3-1-5-9(11)16)13-17-10-6-2-4-8(14(18)19)12(10)20-13/h1-6H,(H,18,19). The van der Waals surface area contributed by atoms with E-state index in [4.69, 9.17) is 21.1 Å². The van der Waals surface area contributed by atoms with E-state index >= 15 is 0 Å². The van der Waals surface area contributed by atoms with Crippen molar-refractivity contribution in [3.8, 4) is 11.5 Å². The van der Waals surface area contributed by atoms with Crippen molar-refractivity contribution in [2.24, 2.45) is 0 Å². The summed E-state index contributed by atoms with van der Waals surface area (Å²) in [5, 5.41) is 8.97. The zero-order valence-electron chi connectivity index (χ0n) is 9.93. The van der Waals surface area contributed by atoms with E-state index < -0.39 is 11.8 Å². The van der Waals surface area contributed by atoms with E-state index in [0.29, 0.717) is 5.52 Å². The number of carboxylic acid groups (broad SMARTS) is 1. The molecule has 0 saturated carbocycles. The monoisotopic (exact) mass is 291 g/mol. The van der Waals surface area contributed by atoms with Gasteiger partial charge in [0.05, 0.1) is 10.6 Å². The predicted molar refractivity (Wildman–Crippen MR) is 71.4 cm³/mol. The van der Waals surface area contributed by atoms with Crippen LogP contribution in [-0.2, 0) is 0 Å². The van der Waals surface area contributed by atoms with E-state index in [1.165, 1.54) is 18.2 Å². The molecule has 1 N–H and O–H groups in total. The van der Waals surface area contributed by atoms with Crippen LogP contribution in [0.4, 0.5) is 4.39 Å². The number of nitrogens with zero attached hydrogens (tertiary/aromatic N) is 1. The number of aromatic nitrogens is 1. The molecule has 0 aliphatic carbocycles. The zero-order chi connectivity index (χ0) is 14.3. The Morgan fingerprint density at radius 2 is 2.00 bits per heavy atom. The third-order valence-electron chi connectivity index (χ3n) is 2.83. The fourth-order valence-corrected chi connectivity index (χ4v) is 2.11. The van der Waals surface area contributed by atoms with Crippen molar-refractivity contribution in [1.29, 1.82) is 0 Å². The number of hydrogen-bond donors (Lipinski definition) is 1. The maximum absolute atomic E-state index is 13.4. The normalized spacial score (nSPS) is 10.9. The number of carbonyl (C=O) groups is 1. The Morgan fingerprint density at radius 3 is 2.75 bits per heavy atom. The van der Waals surface area contributed by atoms with Crippen molar-refractivity contribution in [2.45, 2.75) is 0 Å². The lowest BCUT2D eigenvalue weighted by molar-refractivity contribution is 0.0698. The first kappa shape index (κ1) is 12.6. The van der Waals surface area contributed by atoms with Crippen LogP contribution in [0.1, 0.15) is 10.4 Å². The van der Waals surface area contributed by atoms with Gasteiger partial charge in [-0.25, -0.2) is 14.2 Å². The number of carboxylic acids is 1. The van der Waals surface area contributed by atoms with E-state index in [1.54, 1.807) is 18.2 Å². The maximum Gasteiger partial charge on any atom is 0.339 e. The molecule has 0 unspecified atom stereocenters. The number of oxazole rings is 1. The number of aromatic carboxylic acids is 1. The Kier molecular flexibility index (Phi) is 2.91. The molecule has 1 heterocycles. The molecule has 0 aliphatic heterocycles. The third-order valence-corrected chi connectivity index (χ3v) is 3.21. The van der Waals surface area contributed by atoms with E-state index in [2.05, 4.69) is 4.98 Å². The van der Waals surface area contributed by atoms with Gasteiger partial charge in [0.25, 0.3) is 0 Å². The SMILES string of the molecule is O=C(O)c1cccc2nc(-c3cccc(F)c3Cl)oc12. The van der Waals surface area contributed by atoms with Crippen LogP contribution >= 0.6 is 11.6 Å². The lowest BCUT2D eigenvalue weighted by Crippen LogP contribution is -1.95. The van der Waals surface area contributed by atoms with Gasteiger partial charge in [-0.3, -0.25) is 0 Å². The molecule has 4 nitrogen and oxygen atoms in total. The highest BCUT2D eigenvalue weighted by Crippen LogP contribution is 2.32. The average Bonchev–Trinajstić information content (AvgIpc) is 2.84. The summed E-state index contributed by atoms with van der Waals surface area (Å²) in [6.45, 7) is 0. The second-order valence-corrected chi connectivity index (χ2v) is 4.46. The van der Waals surface area contributed by atoms with Gasteiger partial charge in [0, 0.05) is 0 Å². The van der Waals surface area contributed by atoms with Gasteiger partial charge in [-0.2, -0.15) is 0 Å². The number of hydrogen-bond acceptors (Lipinski definition) is 3. The molecule has 0 spiro atoms. The van der Waals surface area contributed by atoms with Crippen molar-refractivity contribution in [3.63, 3.8) is 0 Å². The number of benzene rings is 2. The van der Waals surface area contributed by atoms with Gasteiger partial charge in [0.2, 0.25) is 5.89 Å². The quantitative estimate of drug-likeness (QED) is 0.775. The van der Waals surface area contributed by atoms with Crippen molar-refractivity contribution in [2.75, 3.05) is 0 Å². The van der Waals surface area contributed by atoms with E-state index in [-0.39, 0.29) is 27.6 Å². The largest absolute Gasteiger partial charge is 0.478 e. The van der Waals surface area contributed by atoms with Gasteiger partial charge in [-0.05, 0) is 24.3 Å². The average molecular weight is 292 g/mol. The summed E-state index contributed by atoms with van der Waals surface area (Å²) in [6.07, 6.45) is 0. The number of fused-ring (bicyclic) bond motifs is 1. The molecule has 0 amide bonds. The molecule has 20 heavy (non-hydrogen) atoms. The number of rotatable bonds is 2. The van der Waals surface area contributed by atoms with Crippen molar-refractivity contribution >= 4 is 28.7 Å². The van der Waals surface area contributed by atoms with Crippen LogP contribution in [-0.4, -0.2) is 16.1 Å². The van der Waals surface area contributed by atoms with Gasteiger partial charge in [0.15, 0.2) is 5.58 Å². The van der Waals surface area contributed by atoms with Gasteiger partial charge < -0.3 is 9.52 Å². The van der Waals surface area contributed by atoms with Crippen molar-refractivity contribution < 1.29 is 18.7 Å². The topological polar surface area (TPSA) is 63.3 Å². The van der Waals surface area contributed by atoms with E-state index in [9.17, 15) is 9.18 Å². The highest BCUT2D eigenvalue weighted by molar-refractivity contribution is 6.33. The lowest BCUT2D eigenvalue weighted by atomic mass is 10.2. The smallest absolute Gasteiger partial charge is 0.339 e. The molecule has 0 atom stereocenters. The molecule has 1 aromatic heterocycles. The Bertz CT molecular complexity index is 828. The molecule has 0 radical (unpaired) electrons. The first-order valence-corrected chi connectivity index (χ1v) is 6.03. The van der Waals surface area contributed by atoms with E-state index in [0.717, 1.165) is 0 Å².